The first-order valence-electron chi connectivity index (χ1n) is 10.6. The summed E-state index contributed by atoms with van der Waals surface area (Å²) < 4.78 is 46.1. The molecule has 0 N–H and O–H groups in total. The molecule has 0 aliphatic carbocycles. The average Bonchev–Trinajstić information content (AvgIpc) is 3.33. The minimum Gasteiger partial charge on any atom is -0.497 e. The van der Waals surface area contributed by atoms with Crippen LogP contribution in [-0.4, -0.2) is 39.9 Å². The molecule has 0 radical (unpaired) electrons. The van der Waals surface area contributed by atoms with Crippen molar-refractivity contribution >= 4 is 21.6 Å². The van der Waals surface area contributed by atoms with E-state index in [0.717, 1.165) is 18.4 Å². The molecule has 0 spiro atoms. The Kier molecular flexibility index (Phi) is 6.37. The number of hydrogen-bond donors (Lipinski definition) is 0. The summed E-state index contributed by atoms with van der Waals surface area (Å²) in [6.45, 7) is 0.559. The summed E-state index contributed by atoms with van der Waals surface area (Å²) in [7, 11) is -0.872. The van der Waals surface area contributed by atoms with Gasteiger partial charge in [0.2, 0.25) is 0 Å². The summed E-state index contributed by atoms with van der Waals surface area (Å²) >= 11 is 0. The normalized spacial score (nSPS) is 16.0. The van der Waals surface area contributed by atoms with Gasteiger partial charge in [-0.25, -0.2) is 12.8 Å². The van der Waals surface area contributed by atoms with Crippen molar-refractivity contribution in [1.82, 2.24) is 4.90 Å². The van der Waals surface area contributed by atoms with Crippen LogP contribution in [0.2, 0.25) is 0 Å². The SMILES string of the molecule is COc1ccc(N(C)S(=O)(=O)c2cccc(C(=O)N3CCCC3c3ccc(F)cc3)c2)cc1. The molecule has 33 heavy (non-hydrogen) atoms. The number of hydrogen-bond acceptors (Lipinski definition) is 4. The van der Waals surface area contributed by atoms with Gasteiger partial charge in [-0.1, -0.05) is 18.2 Å². The summed E-state index contributed by atoms with van der Waals surface area (Å²) in [5.41, 5.74) is 1.64. The number of methoxy groups -OCH3 is 1. The molecule has 0 bridgehead atoms. The highest BCUT2D eigenvalue weighted by Gasteiger charge is 2.31. The fourth-order valence-corrected chi connectivity index (χ4v) is 5.33. The van der Waals surface area contributed by atoms with E-state index in [1.165, 1.54) is 35.6 Å². The number of anilines is 1. The second kappa shape index (κ2) is 9.23. The van der Waals surface area contributed by atoms with Crippen LogP contribution in [0.3, 0.4) is 0 Å². The Hall–Kier alpha value is -3.39. The molecule has 1 unspecified atom stereocenters. The average molecular weight is 469 g/mol. The Balaban J connectivity index is 1.60. The van der Waals surface area contributed by atoms with E-state index >= 15 is 0 Å². The smallest absolute Gasteiger partial charge is 0.264 e. The van der Waals surface area contributed by atoms with Crippen molar-refractivity contribution in [2.75, 3.05) is 25.0 Å². The van der Waals surface area contributed by atoms with Crippen molar-refractivity contribution in [3.63, 3.8) is 0 Å². The van der Waals surface area contributed by atoms with E-state index in [-0.39, 0.29) is 22.7 Å². The molecule has 1 aliphatic rings. The van der Waals surface area contributed by atoms with Gasteiger partial charge < -0.3 is 9.64 Å². The number of carbonyl (C=O) groups is 1. The molecular formula is C25H25FN2O4S. The van der Waals surface area contributed by atoms with E-state index in [4.69, 9.17) is 4.74 Å². The summed E-state index contributed by atoms with van der Waals surface area (Å²) in [6.07, 6.45) is 1.60. The highest BCUT2D eigenvalue weighted by Crippen LogP contribution is 2.33. The first-order valence-corrected chi connectivity index (χ1v) is 12.0. The van der Waals surface area contributed by atoms with Gasteiger partial charge in [0.15, 0.2) is 0 Å². The predicted molar refractivity (Wildman–Crippen MR) is 124 cm³/mol. The maximum absolute atomic E-state index is 13.3. The summed E-state index contributed by atoms with van der Waals surface area (Å²) in [5, 5.41) is 0. The van der Waals surface area contributed by atoms with Crippen LogP contribution in [0, 0.1) is 5.82 Å². The quantitative estimate of drug-likeness (QED) is 0.529. The van der Waals surface area contributed by atoms with Gasteiger partial charge in [0.1, 0.15) is 11.6 Å². The zero-order valence-electron chi connectivity index (χ0n) is 18.4. The van der Waals surface area contributed by atoms with Crippen LogP contribution in [0.1, 0.15) is 34.8 Å². The second-order valence-electron chi connectivity index (χ2n) is 7.91. The molecule has 6 nitrogen and oxygen atoms in total. The Morgan fingerprint density at radius 2 is 1.76 bits per heavy atom. The largest absolute Gasteiger partial charge is 0.497 e. The number of rotatable bonds is 6. The molecule has 1 fully saturated rings. The van der Waals surface area contributed by atoms with E-state index in [2.05, 4.69) is 0 Å². The van der Waals surface area contributed by atoms with Gasteiger partial charge in [0.05, 0.1) is 23.7 Å². The summed E-state index contributed by atoms with van der Waals surface area (Å²) in [5.74, 6) is 0.0537. The monoisotopic (exact) mass is 468 g/mol. The fraction of sp³-hybridized carbons (Fsp3) is 0.240. The first kappa shape index (κ1) is 22.8. The molecule has 0 aromatic heterocycles. The number of amides is 1. The van der Waals surface area contributed by atoms with Crippen LogP contribution in [-0.2, 0) is 10.0 Å². The molecule has 1 saturated heterocycles. The van der Waals surface area contributed by atoms with Crippen LogP contribution in [0.15, 0.2) is 77.7 Å². The van der Waals surface area contributed by atoms with Crippen LogP contribution in [0.4, 0.5) is 10.1 Å². The molecule has 1 heterocycles. The van der Waals surface area contributed by atoms with Crippen molar-refractivity contribution < 1.29 is 22.3 Å². The number of carbonyl (C=O) groups excluding carboxylic acids is 1. The third-order valence-corrected chi connectivity index (χ3v) is 7.73. The minimum atomic E-state index is -3.88. The van der Waals surface area contributed by atoms with Crippen LogP contribution >= 0.6 is 0 Å². The van der Waals surface area contributed by atoms with Gasteiger partial charge in [-0.3, -0.25) is 9.10 Å². The van der Waals surface area contributed by atoms with Gasteiger partial charge in [-0.05, 0) is 73.0 Å². The molecule has 4 rings (SSSR count). The number of nitrogens with zero attached hydrogens (tertiary/aromatic N) is 2. The molecular weight excluding hydrogens is 443 g/mol. The Labute approximate surface area is 193 Å². The zero-order valence-corrected chi connectivity index (χ0v) is 19.3. The Morgan fingerprint density at radius 3 is 2.42 bits per heavy atom. The summed E-state index contributed by atoms with van der Waals surface area (Å²) in [6, 6.07) is 18.8. The predicted octanol–water partition coefficient (Wildman–Crippen LogP) is 4.64. The number of likely N-dealkylation sites (tertiary alicyclic amines) is 1. The van der Waals surface area contributed by atoms with Crippen LogP contribution in [0.25, 0.3) is 0 Å². The third kappa shape index (κ3) is 4.57. The highest BCUT2D eigenvalue weighted by molar-refractivity contribution is 7.92. The van der Waals surface area contributed by atoms with Gasteiger partial charge >= 0.3 is 0 Å². The lowest BCUT2D eigenvalue weighted by Crippen LogP contribution is -2.31. The molecule has 0 saturated carbocycles. The Morgan fingerprint density at radius 1 is 1.06 bits per heavy atom. The lowest BCUT2D eigenvalue weighted by molar-refractivity contribution is 0.0735. The van der Waals surface area contributed by atoms with E-state index in [0.29, 0.717) is 23.5 Å². The van der Waals surface area contributed by atoms with Crippen molar-refractivity contribution in [3.05, 3.63) is 89.7 Å². The fourth-order valence-electron chi connectivity index (χ4n) is 4.09. The molecule has 1 atom stereocenters. The number of halogens is 1. The van der Waals surface area contributed by atoms with Crippen molar-refractivity contribution in [3.8, 4) is 5.75 Å². The first-order chi connectivity index (χ1) is 15.8. The Bertz CT molecular complexity index is 1240. The van der Waals surface area contributed by atoms with Crippen LogP contribution < -0.4 is 9.04 Å². The highest BCUT2D eigenvalue weighted by atomic mass is 32.2. The molecule has 8 heteroatoms. The van der Waals surface area contributed by atoms with Crippen molar-refractivity contribution in [2.45, 2.75) is 23.8 Å². The van der Waals surface area contributed by atoms with Gasteiger partial charge in [0.25, 0.3) is 15.9 Å². The van der Waals surface area contributed by atoms with Crippen molar-refractivity contribution in [1.29, 1.82) is 0 Å². The molecule has 1 amide bonds. The van der Waals surface area contributed by atoms with E-state index in [1.54, 1.807) is 60.5 Å². The van der Waals surface area contributed by atoms with E-state index < -0.39 is 10.0 Å². The molecule has 172 valence electrons. The van der Waals surface area contributed by atoms with Gasteiger partial charge in [-0.15, -0.1) is 0 Å². The van der Waals surface area contributed by atoms with Crippen molar-refractivity contribution in [2.24, 2.45) is 0 Å². The molecule has 3 aromatic rings. The molecule has 1 aliphatic heterocycles. The topological polar surface area (TPSA) is 66.9 Å². The lowest BCUT2D eigenvalue weighted by atomic mass is 10.0. The van der Waals surface area contributed by atoms with Gasteiger partial charge in [0, 0.05) is 19.2 Å². The third-order valence-electron chi connectivity index (χ3n) is 5.94. The molecule has 3 aromatic carbocycles. The zero-order chi connectivity index (χ0) is 23.6. The maximum Gasteiger partial charge on any atom is 0.264 e. The number of benzene rings is 3. The van der Waals surface area contributed by atoms with E-state index in [1.807, 2.05) is 0 Å². The second-order valence-corrected chi connectivity index (χ2v) is 9.88. The van der Waals surface area contributed by atoms with Gasteiger partial charge in [-0.2, -0.15) is 0 Å². The maximum atomic E-state index is 13.3. The van der Waals surface area contributed by atoms with Crippen LogP contribution in [0.5, 0.6) is 5.75 Å². The van der Waals surface area contributed by atoms with E-state index in [9.17, 15) is 17.6 Å². The lowest BCUT2D eigenvalue weighted by Gasteiger charge is -2.26. The standard InChI is InChI=1S/C25H25FN2O4S/c1-27(21-12-14-22(32-2)15-13-21)33(30,31)23-6-3-5-19(17-23)25(29)28-16-4-7-24(28)18-8-10-20(26)11-9-18/h3,5-6,8-15,17,24H,4,7,16H2,1-2H3. The number of ether oxygens (including phenoxy) is 1. The minimum absolute atomic E-state index is 0.0317. The number of sulfonamides is 1. The summed E-state index contributed by atoms with van der Waals surface area (Å²) in [4.78, 5) is 15.1.